The predicted molar refractivity (Wildman–Crippen MR) is 114 cm³/mol. The number of aryl methyl sites for hydroxylation is 2. The average molecular weight is 398 g/mol. The van der Waals surface area contributed by atoms with Crippen LogP contribution in [0.1, 0.15) is 16.7 Å². The maximum absolute atomic E-state index is 13.1. The minimum absolute atomic E-state index is 0.211. The molecule has 5 rings (SSSR count). The van der Waals surface area contributed by atoms with Gasteiger partial charge in [0.05, 0.1) is 18.4 Å². The lowest BCUT2D eigenvalue weighted by molar-refractivity contribution is 0.557. The summed E-state index contributed by atoms with van der Waals surface area (Å²) in [5, 5.41) is 5.60. The first-order chi connectivity index (χ1) is 14.5. The van der Waals surface area contributed by atoms with Gasteiger partial charge in [0.15, 0.2) is 5.65 Å². The summed E-state index contributed by atoms with van der Waals surface area (Å²) in [5.74, 6) is 0. The maximum Gasteiger partial charge on any atom is 0.336 e. The summed E-state index contributed by atoms with van der Waals surface area (Å²) in [7, 11) is 0. The Morgan fingerprint density at radius 1 is 1.00 bits per heavy atom. The zero-order valence-corrected chi connectivity index (χ0v) is 16.5. The number of nitrogens with zero attached hydrogens (tertiary/aromatic N) is 4. The Labute approximate surface area is 170 Å². The average Bonchev–Trinajstić information content (AvgIpc) is 3.14. The van der Waals surface area contributed by atoms with Crippen LogP contribution in [0.3, 0.4) is 0 Å². The second-order valence-corrected chi connectivity index (χ2v) is 7.35. The van der Waals surface area contributed by atoms with Gasteiger partial charge in [-0.1, -0.05) is 30.3 Å². The fraction of sp³-hybridized carbons (Fsp3) is 0.130. The summed E-state index contributed by atoms with van der Waals surface area (Å²) in [6.07, 6.45) is 3.03. The highest BCUT2D eigenvalue weighted by atomic mass is 16.4. The first-order valence-corrected chi connectivity index (χ1v) is 9.54. The zero-order chi connectivity index (χ0) is 20.8. The third-order valence-corrected chi connectivity index (χ3v) is 5.22. The van der Waals surface area contributed by atoms with E-state index in [2.05, 4.69) is 10.1 Å². The Kier molecular flexibility index (Phi) is 4.10. The fourth-order valence-corrected chi connectivity index (χ4v) is 3.69. The lowest BCUT2D eigenvalue weighted by Gasteiger charge is -2.09. The molecule has 0 aliphatic carbocycles. The van der Waals surface area contributed by atoms with Crippen molar-refractivity contribution in [2.45, 2.75) is 20.4 Å². The van der Waals surface area contributed by atoms with Gasteiger partial charge in [-0.2, -0.15) is 5.10 Å². The van der Waals surface area contributed by atoms with Crippen molar-refractivity contribution in [3.05, 3.63) is 98.5 Å². The van der Waals surface area contributed by atoms with Crippen molar-refractivity contribution in [3.63, 3.8) is 0 Å². The molecule has 0 saturated heterocycles. The summed E-state index contributed by atoms with van der Waals surface area (Å²) in [6.45, 7) is 4.13. The highest BCUT2D eigenvalue weighted by molar-refractivity contribution is 5.81. The van der Waals surface area contributed by atoms with Gasteiger partial charge in [0.1, 0.15) is 17.3 Å². The van der Waals surface area contributed by atoms with E-state index in [9.17, 15) is 9.59 Å². The Bertz CT molecular complexity index is 1540. The molecule has 0 unspecified atom stereocenters. The van der Waals surface area contributed by atoms with Crippen LogP contribution in [0.15, 0.2) is 75.1 Å². The van der Waals surface area contributed by atoms with Gasteiger partial charge in [-0.25, -0.2) is 14.5 Å². The number of benzene rings is 2. The molecule has 0 spiro atoms. The number of hydrogen-bond donors (Lipinski definition) is 0. The monoisotopic (exact) mass is 398 g/mol. The maximum atomic E-state index is 13.1. The van der Waals surface area contributed by atoms with Crippen molar-refractivity contribution in [1.82, 2.24) is 19.3 Å². The van der Waals surface area contributed by atoms with Gasteiger partial charge in [0.2, 0.25) is 0 Å². The highest BCUT2D eigenvalue weighted by Gasteiger charge is 2.14. The summed E-state index contributed by atoms with van der Waals surface area (Å²) >= 11 is 0. The van der Waals surface area contributed by atoms with E-state index in [4.69, 9.17) is 4.42 Å². The van der Waals surface area contributed by atoms with Crippen LogP contribution in [-0.4, -0.2) is 19.3 Å². The van der Waals surface area contributed by atoms with E-state index in [1.54, 1.807) is 4.68 Å². The number of rotatable bonds is 3. The Hall–Kier alpha value is -4.00. The summed E-state index contributed by atoms with van der Waals surface area (Å²) in [4.78, 5) is 29.6. The standard InChI is InChI=1S/C23H18N4O3/c1-14-7-8-17-16(10-21(28)30-20(17)9-14)12-26-13-24-22-18(23(26)29)11-25-27(22)19-6-4-3-5-15(19)2/h3-11,13H,12H2,1-2H3. The molecule has 0 atom stereocenters. The minimum atomic E-state index is -0.447. The van der Waals surface area contributed by atoms with E-state index in [0.717, 1.165) is 22.2 Å². The van der Waals surface area contributed by atoms with Crippen molar-refractivity contribution in [2.24, 2.45) is 0 Å². The van der Waals surface area contributed by atoms with Gasteiger partial charge in [-0.15, -0.1) is 0 Å². The normalized spacial score (nSPS) is 11.4. The Balaban J connectivity index is 1.63. The fourth-order valence-electron chi connectivity index (χ4n) is 3.69. The summed E-state index contributed by atoms with van der Waals surface area (Å²) in [5.41, 5.74) is 3.95. The third-order valence-electron chi connectivity index (χ3n) is 5.22. The molecule has 0 radical (unpaired) electrons. The smallest absolute Gasteiger partial charge is 0.336 e. The lowest BCUT2D eigenvalue weighted by atomic mass is 10.1. The first kappa shape index (κ1) is 18.1. The third kappa shape index (κ3) is 2.91. The molecule has 0 saturated carbocycles. The van der Waals surface area contributed by atoms with Gasteiger partial charge in [0.25, 0.3) is 5.56 Å². The van der Waals surface area contributed by atoms with Gasteiger partial charge in [-0.05, 0) is 42.7 Å². The van der Waals surface area contributed by atoms with Gasteiger partial charge in [0, 0.05) is 11.5 Å². The largest absolute Gasteiger partial charge is 0.423 e. The zero-order valence-electron chi connectivity index (χ0n) is 16.5. The molecule has 7 nitrogen and oxygen atoms in total. The molecule has 0 amide bonds. The molecule has 0 bridgehead atoms. The van der Waals surface area contributed by atoms with Crippen molar-refractivity contribution >= 4 is 22.0 Å². The number of para-hydroxylation sites is 1. The topological polar surface area (TPSA) is 82.9 Å². The molecule has 0 aliphatic heterocycles. The molecule has 148 valence electrons. The van der Waals surface area contributed by atoms with E-state index in [1.165, 1.54) is 23.2 Å². The second-order valence-electron chi connectivity index (χ2n) is 7.35. The first-order valence-electron chi connectivity index (χ1n) is 9.54. The van der Waals surface area contributed by atoms with Crippen LogP contribution in [0.25, 0.3) is 27.7 Å². The molecule has 0 fully saturated rings. The second kappa shape index (κ2) is 6.81. The van der Waals surface area contributed by atoms with Crippen LogP contribution >= 0.6 is 0 Å². The van der Waals surface area contributed by atoms with Gasteiger partial charge >= 0.3 is 5.63 Å². The number of aromatic nitrogens is 4. The quantitative estimate of drug-likeness (QED) is 0.435. The van der Waals surface area contributed by atoms with Crippen LogP contribution < -0.4 is 11.2 Å². The summed E-state index contributed by atoms with van der Waals surface area (Å²) in [6, 6.07) is 14.9. The van der Waals surface area contributed by atoms with Crippen molar-refractivity contribution < 1.29 is 4.42 Å². The highest BCUT2D eigenvalue weighted by Crippen LogP contribution is 2.20. The van der Waals surface area contributed by atoms with Crippen LogP contribution in [-0.2, 0) is 6.54 Å². The van der Waals surface area contributed by atoms with Crippen molar-refractivity contribution in [1.29, 1.82) is 0 Å². The number of fused-ring (bicyclic) bond motifs is 2. The van der Waals surface area contributed by atoms with Gasteiger partial charge in [-0.3, -0.25) is 9.36 Å². The molecule has 30 heavy (non-hydrogen) atoms. The van der Waals surface area contributed by atoms with E-state index in [-0.39, 0.29) is 12.1 Å². The van der Waals surface area contributed by atoms with E-state index >= 15 is 0 Å². The van der Waals surface area contributed by atoms with Crippen LogP contribution in [0, 0.1) is 13.8 Å². The Morgan fingerprint density at radius 3 is 2.67 bits per heavy atom. The molecule has 7 heteroatoms. The van der Waals surface area contributed by atoms with Crippen molar-refractivity contribution in [2.75, 3.05) is 0 Å². The predicted octanol–water partition coefficient (Wildman–Crippen LogP) is 3.35. The van der Waals surface area contributed by atoms with Gasteiger partial charge < -0.3 is 4.42 Å². The van der Waals surface area contributed by atoms with E-state index in [1.807, 2.05) is 56.3 Å². The Morgan fingerprint density at radius 2 is 1.83 bits per heavy atom. The molecule has 5 aromatic rings. The molecule has 3 heterocycles. The molecule has 2 aromatic carbocycles. The van der Waals surface area contributed by atoms with Crippen LogP contribution in [0.5, 0.6) is 0 Å². The van der Waals surface area contributed by atoms with E-state index < -0.39 is 5.63 Å². The molecular formula is C23H18N4O3. The number of hydrogen-bond acceptors (Lipinski definition) is 5. The molecule has 3 aromatic heterocycles. The summed E-state index contributed by atoms with van der Waals surface area (Å²) < 4.78 is 8.47. The van der Waals surface area contributed by atoms with Crippen molar-refractivity contribution in [3.8, 4) is 5.69 Å². The minimum Gasteiger partial charge on any atom is -0.423 e. The lowest BCUT2D eigenvalue weighted by Crippen LogP contribution is -2.21. The van der Waals surface area contributed by atoms with Crippen LogP contribution in [0.2, 0.25) is 0 Å². The SMILES string of the molecule is Cc1ccc2c(Cn3cnc4c(cnn4-c4ccccc4C)c3=O)cc(=O)oc2c1. The molecular weight excluding hydrogens is 380 g/mol. The molecule has 0 N–H and O–H groups in total. The molecule has 0 aliphatic rings. The van der Waals surface area contributed by atoms with Crippen LogP contribution in [0.4, 0.5) is 0 Å². The van der Waals surface area contributed by atoms with E-state index in [0.29, 0.717) is 22.2 Å².